The molecule has 6 heteroatoms. The highest BCUT2D eigenvalue weighted by atomic mass is 79.9. The molecule has 0 saturated heterocycles. The van der Waals surface area contributed by atoms with Gasteiger partial charge in [-0.3, -0.25) is 0 Å². The van der Waals surface area contributed by atoms with Crippen molar-refractivity contribution in [2.45, 2.75) is 19.9 Å². The van der Waals surface area contributed by atoms with Gasteiger partial charge in [0.1, 0.15) is 0 Å². The molecule has 0 bridgehead atoms. The summed E-state index contributed by atoms with van der Waals surface area (Å²) in [5.41, 5.74) is 1.47. The molecule has 1 aromatic heterocycles. The average Bonchev–Trinajstić information content (AvgIpc) is 2.35. The van der Waals surface area contributed by atoms with Crippen molar-refractivity contribution in [3.63, 3.8) is 0 Å². The smallest absolute Gasteiger partial charge is 0.319 e. The third kappa shape index (κ3) is 3.46. The number of methoxy groups -OCH3 is 1. The largest absolute Gasteiger partial charge is 0.480 e. The second-order valence-electron chi connectivity index (χ2n) is 3.74. The summed E-state index contributed by atoms with van der Waals surface area (Å²) in [6.45, 7) is 7.29. The molecule has 18 heavy (non-hydrogen) atoms. The molecule has 0 aromatic carbocycles. The lowest BCUT2D eigenvalue weighted by molar-refractivity contribution is 0.251. The van der Waals surface area contributed by atoms with E-state index in [-0.39, 0.29) is 12.1 Å². The lowest BCUT2D eigenvalue weighted by atomic mass is 10.2. The topological polar surface area (TPSA) is 63.2 Å². The minimum absolute atomic E-state index is 0.0973. The van der Waals surface area contributed by atoms with Gasteiger partial charge in [-0.2, -0.15) is 0 Å². The van der Waals surface area contributed by atoms with Gasteiger partial charge in [-0.15, -0.1) is 6.58 Å². The molecule has 1 rings (SSSR count). The molecule has 1 heterocycles. The normalized spacial score (nSPS) is 11.6. The zero-order chi connectivity index (χ0) is 13.7. The van der Waals surface area contributed by atoms with Gasteiger partial charge in [0.15, 0.2) is 0 Å². The number of anilines is 1. The van der Waals surface area contributed by atoms with E-state index in [4.69, 9.17) is 4.74 Å². The molecule has 2 amide bonds. The zero-order valence-electron chi connectivity index (χ0n) is 10.6. The monoisotopic (exact) mass is 313 g/mol. The van der Waals surface area contributed by atoms with E-state index in [1.54, 1.807) is 12.3 Å². The molecular formula is C12H16BrN3O2. The number of pyridine rings is 1. The Morgan fingerprint density at radius 1 is 1.67 bits per heavy atom. The summed E-state index contributed by atoms with van der Waals surface area (Å²) >= 11 is 3.37. The predicted molar refractivity (Wildman–Crippen MR) is 75.0 cm³/mol. The number of hydrogen-bond donors (Lipinski definition) is 2. The first-order chi connectivity index (χ1) is 8.49. The fourth-order valence-electron chi connectivity index (χ4n) is 1.25. The lowest BCUT2D eigenvalue weighted by Gasteiger charge is -2.14. The predicted octanol–water partition coefficient (Wildman–Crippen LogP) is 2.86. The molecule has 98 valence electrons. The number of carbonyl (C=O) groups excluding carboxylic acids is 1. The Hall–Kier alpha value is -1.56. The van der Waals surface area contributed by atoms with E-state index in [1.165, 1.54) is 7.11 Å². The highest BCUT2D eigenvalue weighted by Gasteiger charge is 2.12. The first kappa shape index (κ1) is 14.5. The van der Waals surface area contributed by atoms with Crippen LogP contribution >= 0.6 is 15.9 Å². The van der Waals surface area contributed by atoms with E-state index in [9.17, 15) is 4.79 Å². The molecule has 0 spiro atoms. The minimum Gasteiger partial charge on any atom is -0.480 e. The SMILES string of the molecule is C=CC(C)NC(=O)Nc1cnc(OC)c(Br)c1C. The molecule has 1 atom stereocenters. The molecule has 2 N–H and O–H groups in total. The second kappa shape index (κ2) is 6.39. The molecule has 0 fully saturated rings. The van der Waals surface area contributed by atoms with Crippen molar-refractivity contribution in [2.75, 3.05) is 12.4 Å². The summed E-state index contributed by atoms with van der Waals surface area (Å²) in [6.07, 6.45) is 3.20. The minimum atomic E-state index is -0.302. The van der Waals surface area contributed by atoms with Gasteiger partial charge in [-0.25, -0.2) is 9.78 Å². The van der Waals surface area contributed by atoms with Crippen molar-refractivity contribution in [3.8, 4) is 5.88 Å². The summed E-state index contributed by atoms with van der Waals surface area (Å²) in [5, 5.41) is 5.43. The number of nitrogens with zero attached hydrogens (tertiary/aromatic N) is 1. The number of ether oxygens (including phenoxy) is 1. The standard InChI is InChI=1S/C12H16BrN3O2/c1-5-7(2)15-12(17)16-9-6-14-11(18-4)10(13)8(9)3/h5-7H,1H2,2-4H3,(H2,15,16,17). The van der Waals surface area contributed by atoms with Crippen LogP contribution in [0.15, 0.2) is 23.3 Å². The van der Waals surface area contributed by atoms with Crippen LogP contribution in [-0.4, -0.2) is 24.2 Å². The summed E-state index contributed by atoms with van der Waals surface area (Å²) in [4.78, 5) is 15.7. The zero-order valence-corrected chi connectivity index (χ0v) is 12.2. The Kier molecular flexibility index (Phi) is 5.15. The second-order valence-corrected chi connectivity index (χ2v) is 4.54. The van der Waals surface area contributed by atoms with Crippen LogP contribution in [0.3, 0.4) is 0 Å². The average molecular weight is 314 g/mol. The summed E-state index contributed by atoms with van der Waals surface area (Å²) in [6, 6.07) is -0.399. The highest BCUT2D eigenvalue weighted by Crippen LogP contribution is 2.30. The van der Waals surface area contributed by atoms with E-state index < -0.39 is 0 Å². The van der Waals surface area contributed by atoms with Crippen molar-refractivity contribution in [1.29, 1.82) is 0 Å². The molecule has 0 aliphatic carbocycles. The van der Waals surface area contributed by atoms with Gasteiger partial charge in [-0.1, -0.05) is 6.08 Å². The molecule has 0 aliphatic heterocycles. The quantitative estimate of drug-likeness (QED) is 0.840. The van der Waals surface area contributed by atoms with Gasteiger partial charge < -0.3 is 15.4 Å². The summed E-state index contributed by atoms with van der Waals surface area (Å²) in [7, 11) is 1.54. The number of hydrogen-bond acceptors (Lipinski definition) is 3. The molecule has 5 nitrogen and oxygen atoms in total. The molecular weight excluding hydrogens is 298 g/mol. The number of rotatable bonds is 4. The van der Waals surface area contributed by atoms with Crippen LogP contribution in [0.5, 0.6) is 5.88 Å². The lowest BCUT2D eigenvalue weighted by Crippen LogP contribution is -2.35. The number of urea groups is 1. The van der Waals surface area contributed by atoms with Crippen LogP contribution in [0.25, 0.3) is 0 Å². The maximum atomic E-state index is 11.7. The van der Waals surface area contributed by atoms with Crippen LogP contribution in [-0.2, 0) is 0 Å². The maximum absolute atomic E-state index is 11.7. The van der Waals surface area contributed by atoms with E-state index >= 15 is 0 Å². The van der Waals surface area contributed by atoms with Crippen LogP contribution in [0.4, 0.5) is 10.5 Å². The van der Waals surface area contributed by atoms with E-state index in [1.807, 2.05) is 13.8 Å². The molecule has 1 unspecified atom stereocenters. The molecule has 0 saturated carbocycles. The Morgan fingerprint density at radius 3 is 2.89 bits per heavy atom. The first-order valence-corrected chi connectivity index (χ1v) is 6.18. The summed E-state index contributed by atoms with van der Waals surface area (Å²) < 4.78 is 5.79. The van der Waals surface area contributed by atoms with Crippen molar-refractivity contribution >= 4 is 27.6 Å². The number of carbonyl (C=O) groups is 1. The highest BCUT2D eigenvalue weighted by molar-refractivity contribution is 9.10. The van der Waals surface area contributed by atoms with Gasteiger partial charge in [0.05, 0.1) is 23.5 Å². The number of halogens is 1. The fourth-order valence-corrected chi connectivity index (χ4v) is 1.73. The molecule has 0 aliphatic rings. The Bertz CT molecular complexity index is 463. The number of aromatic nitrogens is 1. The number of amides is 2. The maximum Gasteiger partial charge on any atom is 0.319 e. The molecule has 1 aromatic rings. The Balaban J connectivity index is 2.82. The van der Waals surface area contributed by atoms with Crippen LogP contribution in [0.2, 0.25) is 0 Å². The van der Waals surface area contributed by atoms with Gasteiger partial charge in [0, 0.05) is 6.04 Å². The van der Waals surface area contributed by atoms with Gasteiger partial charge in [-0.05, 0) is 35.3 Å². The van der Waals surface area contributed by atoms with Crippen molar-refractivity contribution in [3.05, 3.63) is 28.9 Å². The Morgan fingerprint density at radius 2 is 2.33 bits per heavy atom. The van der Waals surface area contributed by atoms with E-state index in [0.29, 0.717) is 11.6 Å². The van der Waals surface area contributed by atoms with Crippen molar-refractivity contribution < 1.29 is 9.53 Å². The fraction of sp³-hybridized carbons (Fsp3) is 0.333. The van der Waals surface area contributed by atoms with Crippen molar-refractivity contribution in [2.24, 2.45) is 0 Å². The van der Waals surface area contributed by atoms with Crippen LogP contribution in [0.1, 0.15) is 12.5 Å². The Labute approximate surface area is 115 Å². The first-order valence-electron chi connectivity index (χ1n) is 5.38. The van der Waals surface area contributed by atoms with Crippen LogP contribution < -0.4 is 15.4 Å². The van der Waals surface area contributed by atoms with E-state index in [2.05, 4.69) is 38.1 Å². The van der Waals surface area contributed by atoms with Gasteiger partial charge in [0.25, 0.3) is 0 Å². The molecule has 0 radical (unpaired) electrons. The van der Waals surface area contributed by atoms with Gasteiger partial charge in [0.2, 0.25) is 5.88 Å². The van der Waals surface area contributed by atoms with E-state index in [0.717, 1.165) is 10.0 Å². The van der Waals surface area contributed by atoms with Crippen molar-refractivity contribution in [1.82, 2.24) is 10.3 Å². The number of nitrogens with one attached hydrogen (secondary N) is 2. The summed E-state index contributed by atoms with van der Waals surface area (Å²) in [5.74, 6) is 0.484. The third-order valence-corrected chi connectivity index (χ3v) is 3.32. The van der Waals surface area contributed by atoms with Crippen LogP contribution in [0, 0.1) is 6.92 Å². The van der Waals surface area contributed by atoms with Gasteiger partial charge >= 0.3 is 6.03 Å². The third-order valence-electron chi connectivity index (χ3n) is 2.39.